The number of phenols is 1. The van der Waals surface area contributed by atoms with Crippen LogP contribution >= 0.6 is 0 Å². The van der Waals surface area contributed by atoms with Gasteiger partial charge in [-0.15, -0.1) is 0 Å². The van der Waals surface area contributed by atoms with Gasteiger partial charge in [-0.3, -0.25) is 9.97 Å². The topological polar surface area (TPSA) is 75.9 Å². The van der Waals surface area contributed by atoms with E-state index in [1.165, 1.54) is 0 Å². The van der Waals surface area contributed by atoms with Crippen LogP contribution in [0.3, 0.4) is 0 Å². The first-order valence-corrected chi connectivity index (χ1v) is 9.77. The molecule has 3 aromatic rings. The van der Waals surface area contributed by atoms with E-state index in [0.29, 0.717) is 23.4 Å². The summed E-state index contributed by atoms with van der Waals surface area (Å²) in [6, 6.07) is 5.25. The molecular weight excluding hydrogens is 369 g/mol. The predicted molar refractivity (Wildman–Crippen MR) is 108 cm³/mol. The molecule has 0 amide bonds. The smallest absolute Gasteiger partial charge is 0.137 e. The Labute approximate surface area is 168 Å². The molecule has 2 N–H and O–H groups in total. The molecule has 3 atom stereocenters. The van der Waals surface area contributed by atoms with Crippen LogP contribution in [0, 0.1) is 0 Å². The molecule has 2 saturated heterocycles. The average molecular weight is 391 g/mol. The maximum atomic E-state index is 14.7. The minimum atomic E-state index is -0.980. The molecule has 4 heterocycles. The van der Waals surface area contributed by atoms with Gasteiger partial charge in [0, 0.05) is 35.6 Å². The summed E-state index contributed by atoms with van der Waals surface area (Å²) in [4.78, 5) is 12.9. The summed E-state index contributed by atoms with van der Waals surface area (Å²) in [5.41, 5.74) is 3.36. The second-order valence-electron chi connectivity index (χ2n) is 8.15. The van der Waals surface area contributed by atoms with Crippen LogP contribution in [-0.4, -0.2) is 42.4 Å². The van der Waals surface area contributed by atoms with E-state index in [1.54, 1.807) is 37.1 Å². The number of alkyl halides is 1. The monoisotopic (exact) mass is 391 g/mol. The van der Waals surface area contributed by atoms with Gasteiger partial charge in [0.05, 0.1) is 35.8 Å². The molecule has 2 aliphatic heterocycles. The third kappa shape index (κ3) is 3.31. The molecular formula is C22H22FN5O. The number of halogens is 1. The van der Waals surface area contributed by atoms with Crippen LogP contribution < -0.4 is 5.32 Å². The Morgan fingerprint density at radius 1 is 1.31 bits per heavy atom. The van der Waals surface area contributed by atoms with Gasteiger partial charge in [0.1, 0.15) is 11.9 Å². The molecule has 0 radical (unpaired) electrons. The van der Waals surface area contributed by atoms with E-state index in [0.717, 1.165) is 24.1 Å². The SMILES string of the molecule is C[C@@]12CC[C@@H](N1)[C@@H](F)/C(=C\c1cnc(-c3ccc(-n4ccnc4)cc3O)cn1)C2. The third-order valence-electron chi connectivity index (χ3n) is 5.91. The van der Waals surface area contributed by atoms with Gasteiger partial charge < -0.3 is 15.0 Å². The molecule has 2 fully saturated rings. The van der Waals surface area contributed by atoms with Crippen LogP contribution in [0.25, 0.3) is 23.0 Å². The van der Waals surface area contributed by atoms with E-state index in [1.807, 2.05) is 22.9 Å². The highest BCUT2D eigenvalue weighted by Gasteiger charge is 2.45. The first-order valence-electron chi connectivity index (χ1n) is 9.77. The van der Waals surface area contributed by atoms with E-state index < -0.39 is 6.17 Å². The molecule has 0 saturated carbocycles. The van der Waals surface area contributed by atoms with Gasteiger partial charge in [-0.2, -0.15) is 0 Å². The van der Waals surface area contributed by atoms with Crippen molar-refractivity contribution in [3.63, 3.8) is 0 Å². The van der Waals surface area contributed by atoms with Crippen molar-refractivity contribution in [1.82, 2.24) is 24.8 Å². The standard InChI is InChI=1S/C22H22FN5O/c1-22-5-4-18(27-22)21(23)14(10-22)8-15-11-26-19(12-25-15)17-3-2-16(9-20(17)29)28-7-6-24-13-28/h2-3,6-9,11-13,18,21,27,29H,4-5,10H2,1H3/b14-8-/t18-,21+,22+/m1/s1. The zero-order valence-electron chi connectivity index (χ0n) is 16.1. The van der Waals surface area contributed by atoms with Gasteiger partial charge in [0.25, 0.3) is 0 Å². The zero-order chi connectivity index (χ0) is 20.0. The number of phenolic OH excluding ortho intramolecular Hbond substituents is 1. The Morgan fingerprint density at radius 2 is 2.21 bits per heavy atom. The molecule has 29 heavy (non-hydrogen) atoms. The van der Waals surface area contributed by atoms with Crippen molar-refractivity contribution < 1.29 is 9.50 Å². The van der Waals surface area contributed by atoms with Gasteiger partial charge in [0.15, 0.2) is 0 Å². The summed E-state index contributed by atoms with van der Waals surface area (Å²) < 4.78 is 16.5. The molecule has 0 spiro atoms. The Bertz CT molecular complexity index is 1060. The zero-order valence-corrected chi connectivity index (χ0v) is 16.1. The Balaban J connectivity index is 1.39. The highest BCUT2D eigenvalue weighted by molar-refractivity contribution is 5.68. The fourth-order valence-corrected chi connectivity index (χ4v) is 4.41. The number of nitrogens with zero attached hydrogens (tertiary/aromatic N) is 4. The van der Waals surface area contributed by atoms with Crippen molar-refractivity contribution >= 4 is 6.08 Å². The number of fused-ring (bicyclic) bond motifs is 2. The maximum Gasteiger partial charge on any atom is 0.137 e. The van der Waals surface area contributed by atoms with Crippen LogP contribution in [-0.2, 0) is 0 Å². The second kappa shape index (κ2) is 6.77. The third-order valence-corrected chi connectivity index (χ3v) is 5.91. The first kappa shape index (κ1) is 18.0. The van der Waals surface area contributed by atoms with Crippen LogP contribution in [0.1, 0.15) is 31.9 Å². The fourth-order valence-electron chi connectivity index (χ4n) is 4.41. The number of rotatable bonds is 3. The largest absolute Gasteiger partial charge is 0.507 e. The molecule has 5 rings (SSSR count). The van der Waals surface area contributed by atoms with Gasteiger partial charge >= 0.3 is 0 Å². The summed E-state index contributed by atoms with van der Waals surface area (Å²) in [5, 5.41) is 13.8. The normalized spacial score (nSPS) is 27.4. The molecule has 2 aliphatic rings. The average Bonchev–Trinajstić information content (AvgIpc) is 3.36. The number of piperidine rings is 1. The van der Waals surface area contributed by atoms with Crippen molar-refractivity contribution in [2.75, 3.05) is 0 Å². The molecule has 6 nitrogen and oxygen atoms in total. The summed E-state index contributed by atoms with van der Waals surface area (Å²) in [6.07, 6.45) is 11.8. The number of imidazole rings is 1. The van der Waals surface area contributed by atoms with Crippen molar-refractivity contribution in [3.05, 3.63) is 60.6 Å². The molecule has 1 aromatic carbocycles. The Hall–Kier alpha value is -3.06. The first-order chi connectivity index (χ1) is 14.0. The summed E-state index contributed by atoms with van der Waals surface area (Å²) in [7, 11) is 0. The molecule has 2 aromatic heterocycles. The lowest BCUT2D eigenvalue weighted by atomic mass is 9.87. The number of nitrogens with one attached hydrogen (secondary N) is 1. The predicted octanol–water partition coefficient (Wildman–Crippen LogP) is 3.67. The summed E-state index contributed by atoms with van der Waals surface area (Å²) in [5.74, 6) is 0.114. The second-order valence-corrected chi connectivity index (χ2v) is 8.15. The lowest BCUT2D eigenvalue weighted by molar-refractivity contribution is 0.234. The highest BCUT2D eigenvalue weighted by Crippen LogP contribution is 2.40. The minimum absolute atomic E-state index is 0.0186. The number of hydrogen-bond acceptors (Lipinski definition) is 5. The number of aromatic nitrogens is 4. The van der Waals surface area contributed by atoms with Gasteiger partial charge in [-0.05, 0) is 50.0 Å². The molecule has 148 valence electrons. The van der Waals surface area contributed by atoms with Crippen molar-refractivity contribution in [2.45, 2.75) is 43.9 Å². The molecule has 0 unspecified atom stereocenters. The van der Waals surface area contributed by atoms with Gasteiger partial charge in [-0.25, -0.2) is 9.37 Å². The number of hydrogen-bond donors (Lipinski definition) is 2. The minimum Gasteiger partial charge on any atom is -0.507 e. The van der Waals surface area contributed by atoms with Gasteiger partial charge in [-0.1, -0.05) is 0 Å². The lowest BCUT2D eigenvalue weighted by Gasteiger charge is -2.35. The lowest BCUT2D eigenvalue weighted by Crippen LogP contribution is -2.50. The molecule has 7 heteroatoms. The Kier molecular flexibility index (Phi) is 4.20. The van der Waals surface area contributed by atoms with Crippen LogP contribution in [0.5, 0.6) is 5.75 Å². The van der Waals surface area contributed by atoms with E-state index in [4.69, 9.17) is 0 Å². The van der Waals surface area contributed by atoms with Crippen LogP contribution in [0.2, 0.25) is 0 Å². The van der Waals surface area contributed by atoms with E-state index in [9.17, 15) is 9.50 Å². The van der Waals surface area contributed by atoms with E-state index >= 15 is 0 Å². The van der Waals surface area contributed by atoms with Crippen molar-refractivity contribution in [2.24, 2.45) is 0 Å². The van der Waals surface area contributed by atoms with E-state index in [2.05, 4.69) is 27.2 Å². The van der Waals surface area contributed by atoms with Crippen LogP contribution in [0.15, 0.2) is 54.9 Å². The number of benzene rings is 1. The summed E-state index contributed by atoms with van der Waals surface area (Å²) in [6.45, 7) is 2.15. The fraction of sp³-hybridized carbons (Fsp3) is 0.318. The van der Waals surface area contributed by atoms with Crippen molar-refractivity contribution in [3.8, 4) is 22.7 Å². The quantitative estimate of drug-likeness (QED) is 0.713. The number of aromatic hydroxyl groups is 1. The Morgan fingerprint density at radius 3 is 2.93 bits per heavy atom. The molecule has 0 aliphatic carbocycles. The maximum absolute atomic E-state index is 14.7. The highest BCUT2D eigenvalue weighted by atomic mass is 19.1. The molecule has 2 bridgehead atoms. The van der Waals surface area contributed by atoms with Crippen molar-refractivity contribution in [1.29, 1.82) is 0 Å². The van der Waals surface area contributed by atoms with E-state index in [-0.39, 0.29) is 17.3 Å². The van der Waals surface area contributed by atoms with Crippen LogP contribution in [0.4, 0.5) is 4.39 Å². The van der Waals surface area contributed by atoms with Gasteiger partial charge in [0.2, 0.25) is 0 Å². The summed E-state index contributed by atoms with van der Waals surface area (Å²) >= 11 is 0.